The highest BCUT2D eigenvalue weighted by molar-refractivity contribution is 9.10. The first-order valence-electron chi connectivity index (χ1n) is 6.20. The quantitative estimate of drug-likeness (QED) is 0.859. The molecule has 0 aromatic heterocycles. The van der Waals surface area contributed by atoms with Gasteiger partial charge < -0.3 is 10.6 Å². The number of hydrogen-bond acceptors (Lipinski definition) is 2. The molecule has 2 N–H and O–H groups in total. The van der Waals surface area contributed by atoms with Gasteiger partial charge in [0.1, 0.15) is 11.6 Å². The van der Waals surface area contributed by atoms with Crippen molar-refractivity contribution in [3.8, 4) is 0 Å². The van der Waals surface area contributed by atoms with E-state index < -0.39 is 5.82 Å². The maximum Gasteiger partial charge on any atom is 0.221 e. The number of carbonyl (C=O) groups is 1. The Morgan fingerprint density at radius 1 is 1.14 bits per heavy atom. The van der Waals surface area contributed by atoms with Gasteiger partial charge in [-0.25, -0.2) is 8.78 Å². The van der Waals surface area contributed by atoms with Crippen molar-refractivity contribution < 1.29 is 13.6 Å². The fourth-order valence-electron chi connectivity index (χ4n) is 1.78. The summed E-state index contributed by atoms with van der Waals surface area (Å²) in [5.74, 6) is -1.21. The molecule has 0 aliphatic rings. The Balaban J connectivity index is 2.11. The number of benzene rings is 2. The van der Waals surface area contributed by atoms with Gasteiger partial charge in [0.15, 0.2) is 0 Å². The lowest BCUT2D eigenvalue weighted by atomic mass is 10.2. The van der Waals surface area contributed by atoms with E-state index in [-0.39, 0.29) is 24.0 Å². The van der Waals surface area contributed by atoms with Gasteiger partial charge in [-0.1, -0.05) is 22.0 Å². The van der Waals surface area contributed by atoms with Gasteiger partial charge in [-0.2, -0.15) is 0 Å². The molecule has 1 amide bonds. The third-order valence-corrected chi connectivity index (χ3v) is 3.27. The SMILES string of the molecule is CC(=O)Nc1cc(NCc2ccc(Br)cc2F)ccc1F. The van der Waals surface area contributed by atoms with Crippen molar-refractivity contribution in [1.82, 2.24) is 0 Å². The number of halogens is 3. The van der Waals surface area contributed by atoms with Crippen molar-refractivity contribution in [2.75, 3.05) is 10.6 Å². The summed E-state index contributed by atoms with van der Waals surface area (Å²) in [5.41, 5.74) is 1.16. The van der Waals surface area contributed by atoms with Gasteiger partial charge in [-0.05, 0) is 30.3 Å². The van der Waals surface area contributed by atoms with E-state index in [2.05, 4.69) is 26.6 Å². The highest BCUT2D eigenvalue weighted by Gasteiger charge is 2.06. The zero-order valence-electron chi connectivity index (χ0n) is 11.2. The Labute approximate surface area is 129 Å². The molecular weight excluding hydrogens is 342 g/mol. The number of nitrogens with one attached hydrogen (secondary N) is 2. The lowest BCUT2D eigenvalue weighted by molar-refractivity contribution is -0.114. The Morgan fingerprint density at radius 2 is 1.90 bits per heavy atom. The second kappa shape index (κ2) is 6.67. The molecule has 2 rings (SSSR count). The summed E-state index contributed by atoms with van der Waals surface area (Å²) < 4.78 is 27.8. The van der Waals surface area contributed by atoms with Gasteiger partial charge >= 0.3 is 0 Å². The first-order chi connectivity index (χ1) is 9.95. The van der Waals surface area contributed by atoms with Crippen LogP contribution in [-0.2, 0) is 11.3 Å². The van der Waals surface area contributed by atoms with E-state index in [1.807, 2.05) is 0 Å². The standard InChI is InChI=1S/C15H13BrF2N2O/c1-9(21)20-15-7-12(4-5-13(15)17)19-8-10-2-3-11(16)6-14(10)18/h2-7,19H,8H2,1H3,(H,20,21). The van der Waals surface area contributed by atoms with Crippen LogP contribution in [0.5, 0.6) is 0 Å². The summed E-state index contributed by atoms with van der Waals surface area (Å²) in [6, 6.07) is 9.01. The van der Waals surface area contributed by atoms with Crippen molar-refractivity contribution in [3.63, 3.8) is 0 Å². The largest absolute Gasteiger partial charge is 0.381 e. The molecule has 0 radical (unpaired) electrons. The van der Waals surface area contributed by atoms with E-state index in [0.29, 0.717) is 15.7 Å². The molecule has 0 bridgehead atoms. The normalized spacial score (nSPS) is 10.3. The summed E-state index contributed by atoms with van der Waals surface area (Å²) >= 11 is 3.19. The van der Waals surface area contributed by atoms with Crippen LogP contribution in [0.25, 0.3) is 0 Å². The van der Waals surface area contributed by atoms with Crippen LogP contribution in [0.4, 0.5) is 20.2 Å². The van der Waals surface area contributed by atoms with Crippen molar-refractivity contribution in [1.29, 1.82) is 0 Å². The van der Waals surface area contributed by atoms with E-state index in [9.17, 15) is 13.6 Å². The predicted molar refractivity (Wildman–Crippen MR) is 82.1 cm³/mol. The van der Waals surface area contributed by atoms with Gasteiger partial charge in [-0.15, -0.1) is 0 Å². The molecule has 0 aliphatic carbocycles. The molecule has 6 heteroatoms. The van der Waals surface area contributed by atoms with Crippen LogP contribution in [-0.4, -0.2) is 5.91 Å². The zero-order chi connectivity index (χ0) is 15.4. The van der Waals surface area contributed by atoms with Crippen molar-refractivity contribution in [2.45, 2.75) is 13.5 Å². The topological polar surface area (TPSA) is 41.1 Å². The lowest BCUT2D eigenvalue weighted by Crippen LogP contribution is -2.08. The van der Waals surface area contributed by atoms with Crippen LogP contribution in [0.15, 0.2) is 40.9 Å². The number of anilines is 2. The van der Waals surface area contributed by atoms with Crippen LogP contribution in [0.2, 0.25) is 0 Å². The Bertz CT molecular complexity index is 677. The van der Waals surface area contributed by atoms with Crippen LogP contribution in [0.3, 0.4) is 0 Å². The minimum absolute atomic E-state index is 0.0868. The van der Waals surface area contributed by atoms with Crippen molar-refractivity contribution in [3.05, 3.63) is 58.1 Å². The monoisotopic (exact) mass is 354 g/mol. The summed E-state index contributed by atoms with van der Waals surface area (Å²) in [4.78, 5) is 11.0. The maximum absolute atomic E-state index is 13.7. The Kier molecular flexibility index (Phi) is 4.90. The van der Waals surface area contributed by atoms with Crippen molar-refractivity contribution in [2.24, 2.45) is 0 Å². The molecule has 21 heavy (non-hydrogen) atoms. The summed E-state index contributed by atoms with van der Waals surface area (Å²) in [6.45, 7) is 1.56. The second-order valence-corrected chi connectivity index (χ2v) is 5.38. The molecule has 110 valence electrons. The third kappa shape index (κ3) is 4.26. The van der Waals surface area contributed by atoms with E-state index in [1.165, 1.54) is 31.2 Å². The Morgan fingerprint density at radius 3 is 2.57 bits per heavy atom. The van der Waals surface area contributed by atoms with Crippen LogP contribution in [0, 0.1) is 11.6 Å². The molecule has 0 saturated carbocycles. The van der Waals surface area contributed by atoms with E-state index >= 15 is 0 Å². The summed E-state index contributed by atoms with van der Waals surface area (Å²) in [5, 5.41) is 5.39. The highest BCUT2D eigenvalue weighted by Crippen LogP contribution is 2.21. The maximum atomic E-state index is 13.7. The van der Waals surface area contributed by atoms with Crippen LogP contribution < -0.4 is 10.6 Å². The van der Waals surface area contributed by atoms with Gasteiger partial charge in [0, 0.05) is 29.2 Å². The van der Waals surface area contributed by atoms with Gasteiger partial charge in [0.2, 0.25) is 5.91 Å². The Hall–Kier alpha value is -1.95. The van der Waals surface area contributed by atoms with Crippen molar-refractivity contribution >= 4 is 33.2 Å². The molecular formula is C15H13BrF2N2O. The van der Waals surface area contributed by atoms with Gasteiger partial charge in [-0.3, -0.25) is 4.79 Å². The average molecular weight is 355 g/mol. The van der Waals surface area contributed by atoms with Gasteiger partial charge in [0.25, 0.3) is 0 Å². The molecule has 0 aliphatic heterocycles. The highest BCUT2D eigenvalue weighted by atomic mass is 79.9. The molecule has 2 aromatic rings. The predicted octanol–water partition coefficient (Wildman–Crippen LogP) is 4.30. The average Bonchev–Trinajstić information content (AvgIpc) is 2.40. The number of carbonyl (C=O) groups excluding carboxylic acids is 1. The molecule has 0 spiro atoms. The number of rotatable bonds is 4. The molecule has 0 atom stereocenters. The molecule has 3 nitrogen and oxygen atoms in total. The molecule has 0 unspecified atom stereocenters. The fourth-order valence-corrected chi connectivity index (χ4v) is 2.12. The second-order valence-electron chi connectivity index (χ2n) is 4.47. The number of amides is 1. The summed E-state index contributed by atoms with van der Waals surface area (Å²) in [6.07, 6.45) is 0. The van der Waals surface area contributed by atoms with E-state index in [1.54, 1.807) is 12.1 Å². The fraction of sp³-hybridized carbons (Fsp3) is 0.133. The number of hydrogen-bond donors (Lipinski definition) is 2. The summed E-state index contributed by atoms with van der Waals surface area (Å²) in [7, 11) is 0. The van der Waals surface area contributed by atoms with E-state index in [0.717, 1.165) is 0 Å². The van der Waals surface area contributed by atoms with E-state index in [4.69, 9.17) is 0 Å². The first-order valence-corrected chi connectivity index (χ1v) is 7.00. The minimum Gasteiger partial charge on any atom is -0.381 e. The molecule has 2 aromatic carbocycles. The molecule has 0 saturated heterocycles. The third-order valence-electron chi connectivity index (χ3n) is 2.78. The zero-order valence-corrected chi connectivity index (χ0v) is 12.8. The van der Waals surface area contributed by atoms with Crippen LogP contribution >= 0.6 is 15.9 Å². The first kappa shape index (κ1) is 15.4. The van der Waals surface area contributed by atoms with Gasteiger partial charge in [0.05, 0.1) is 5.69 Å². The van der Waals surface area contributed by atoms with Crippen LogP contribution in [0.1, 0.15) is 12.5 Å². The minimum atomic E-state index is -0.523. The molecule has 0 heterocycles. The molecule has 0 fully saturated rings. The lowest BCUT2D eigenvalue weighted by Gasteiger charge is -2.10. The smallest absolute Gasteiger partial charge is 0.221 e.